The summed E-state index contributed by atoms with van der Waals surface area (Å²) in [7, 11) is 0. The molecule has 1 aliphatic carbocycles. The van der Waals surface area contributed by atoms with Crippen molar-refractivity contribution < 1.29 is 28.7 Å². The van der Waals surface area contributed by atoms with Crippen molar-refractivity contribution in [1.82, 2.24) is 26.2 Å². The van der Waals surface area contributed by atoms with Gasteiger partial charge in [-0.05, 0) is 48.4 Å². The highest BCUT2D eigenvalue weighted by molar-refractivity contribution is 6.00. The minimum Gasteiger partial charge on any atom is -0.491 e. The van der Waals surface area contributed by atoms with Crippen LogP contribution < -0.4 is 26.0 Å². The molecule has 47 heavy (non-hydrogen) atoms. The van der Waals surface area contributed by atoms with Gasteiger partial charge in [-0.2, -0.15) is 0 Å². The molecule has 2 aliphatic heterocycles. The molecule has 1 spiro atoms. The predicted molar refractivity (Wildman–Crippen MR) is 178 cm³/mol. The molecule has 2 heterocycles. The summed E-state index contributed by atoms with van der Waals surface area (Å²) >= 11 is 0. The topological polar surface area (TPSA) is 138 Å². The van der Waals surface area contributed by atoms with Crippen molar-refractivity contribution in [3.63, 3.8) is 0 Å². The summed E-state index contributed by atoms with van der Waals surface area (Å²) in [6.07, 6.45) is 3.80. The Hall–Kier alpha value is -3.96. The average molecular weight is 648 g/mol. The number of morpholine rings is 1. The summed E-state index contributed by atoms with van der Waals surface area (Å²) in [5.41, 5.74) is 1.37. The van der Waals surface area contributed by atoms with Gasteiger partial charge in [-0.1, -0.05) is 69.5 Å². The first-order chi connectivity index (χ1) is 22.7. The van der Waals surface area contributed by atoms with Gasteiger partial charge in [0.15, 0.2) is 0 Å². The summed E-state index contributed by atoms with van der Waals surface area (Å²) in [4.78, 5) is 56.6. The normalized spacial score (nSPS) is 22.9. The number of hydrogen-bond donors (Lipinski definition) is 4. The Labute approximate surface area is 277 Å². The van der Waals surface area contributed by atoms with Gasteiger partial charge >= 0.3 is 0 Å². The Morgan fingerprint density at radius 3 is 2.38 bits per heavy atom. The van der Waals surface area contributed by atoms with E-state index < -0.39 is 23.4 Å². The lowest BCUT2D eigenvalue weighted by molar-refractivity contribution is -0.136. The van der Waals surface area contributed by atoms with Crippen molar-refractivity contribution in [2.45, 2.75) is 89.5 Å². The van der Waals surface area contributed by atoms with Crippen LogP contribution in [0.15, 0.2) is 48.5 Å². The first-order valence-corrected chi connectivity index (χ1v) is 17.0. The molecule has 2 aromatic rings. The number of benzene rings is 2. The second-order valence-corrected chi connectivity index (χ2v) is 13.3. The van der Waals surface area contributed by atoms with Crippen molar-refractivity contribution in [2.75, 3.05) is 32.9 Å². The number of carbonyl (C=O) groups is 4. The monoisotopic (exact) mass is 647 g/mol. The van der Waals surface area contributed by atoms with E-state index >= 15 is 0 Å². The lowest BCUT2D eigenvalue weighted by Gasteiger charge is -2.38. The predicted octanol–water partition coefficient (Wildman–Crippen LogP) is 3.07. The third kappa shape index (κ3) is 9.32. The van der Waals surface area contributed by atoms with E-state index in [1.165, 1.54) is 5.56 Å². The molecule has 1 saturated carbocycles. The van der Waals surface area contributed by atoms with Gasteiger partial charge in [0.1, 0.15) is 23.9 Å². The largest absolute Gasteiger partial charge is 0.491 e. The smallest absolute Gasteiger partial charge is 0.255 e. The van der Waals surface area contributed by atoms with E-state index in [1.807, 2.05) is 26.0 Å². The standard InChI is InChI=1S/C36H49N5O6/c1-25(2)30-24-47-31-9-5-4-8-28(31)33(43)38-29(14-15-32(42)40-36(35(45)39-30)16-6-3-7-17-36)34(44)37-22-26-10-12-27(13-11-26)23-41-18-20-46-21-19-41/h4-5,8-13,25,29-30H,3,6-7,14-24H2,1-2H3,(H,37,44)(H,38,43)(H,39,45)(H,40,42)/t29-,30-/m0/s1. The van der Waals surface area contributed by atoms with E-state index in [4.69, 9.17) is 9.47 Å². The van der Waals surface area contributed by atoms with Crippen LogP contribution in [0.25, 0.3) is 0 Å². The van der Waals surface area contributed by atoms with Crippen molar-refractivity contribution in [3.05, 3.63) is 65.2 Å². The highest BCUT2D eigenvalue weighted by atomic mass is 16.5. The lowest BCUT2D eigenvalue weighted by atomic mass is 9.80. The number of fused-ring (bicyclic) bond motifs is 1. The molecule has 0 aromatic heterocycles. The van der Waals surface area contributed by atoms with Crippen molar-refractivity contribution in [1.29, 1.82) is 0 Å². The van der Waals surface area contributed by atoms with Gasteiger partial charge in [0.05, 0.1) is 24.8 Å². The number of ether oxygens (including phenoxy) is 2. The number of nitrogens with one attached hydrogen (secondary N) is 4. The molecule has 11 nitrogen and oxygen atoms in total. The maximum atomic E-state index is 13.8. The van der Waals surface area contributed by atoms with Gasteiger partial charge in [-0.15, -0.1) is 0 Å². The molecule has 3 aliphatic rings. The van der Waals surface area contributed by atoms with E-state index in [9.17, 15) is 19.2 Å². The Balaban J connectivity index is 1.31. The fourth-order valence-corrected chi connectivity index (χ4v) is 6.43. The SMILES string of the molecule is CC(C)[C@@H]1COc2ccccc2C(=O)N[C@H](C(=O)NCc2ccc(CN3CCOCC3)cc2)CCC(=O)NC2(CCCCC2)C(=O)N1. The number of carbonyl (C=O) groups excluding carboxylic acids is 4. The Morgan fingerprint density at radius 1 is 0.957 bits per heavy atom. The van der Waals surface area contributed by atoms with E-state index in [-0.39, 0.29) is 55.3 Å². The third-order valence-electron chi connectivity index (χ3n) is 9.47. The number of nitrogens with zero attached hydrogens (tertiary/aromatic N) is 1. The van der Waals surface area contributed by atoms with Crippen LogP contribution in [0.2, 0.25) is 0 Å². The Kier molecular flexibility index (Phi) is 11.9. The average Bonchev–Trinajstić information content (AvgIpc) is 3.08. The highest BCUT2D eigenvalue weighted by Crippen LogP contribution is 2.29. The van der Waals surface area contributed by atoms with E-state index in [0.29, 0.717) is 18.6 Å². The van der Waals surface area contributed by atoms with E-state index in [0.717, 1.165) is 57.7 Å². The number of hydrogen-bond acceptors (Lipinski definition) is 7. The Bertz CT molecular complexity index is 1380. The zero-order valence-corrected chi connectivity index (χ0v) is 27.6. The van der Waals surface area contributed by atoms with Gasteiger partial charge in [0.2, 0.25) is 17.7 Å². The number of para-hydroxylation sites is 1. The quantitative estimate of drug-likeness (QED) is 0.378. The molecular weight excluding hydrogens is 598 g/mol. The molecule has 0 bridgehead atoms. The molecule has 0 radical (unpaired) electrons. The maximum Gasteiger partial charge on any atom is 0.255 e. The van der Waals surface area contributed by atoms with Gasteiger partial charge in [0, 0.05) is 32.6 Å². The molecule has 2 aromatic carbocycles. The van der Waals surface area contributed by atoms with Crippen molar-refractivity contribution >= 4 is 23.6 Å². The number of rotatable bonds is 6. The fourth-order valence-electron chi connectivity index (χ4n) is 6.43. The van der Waals surface area contributed by atoms with Crippen LogP contribution in [0, 0.1) is 5.92 Å². The lowest BCUT2D eigenvalue weighted by Crippen LogP contribution is -2.62. The van der Waals surface area contributed by atoms with Gasteiger partial charge in [0.25, 0.3) is 5.91 Å². The van der Waals surface area contributed by atoms with E-state index in [1.54, 1.807) is 24.3 Å². The van der Waals surface area contributed by atoms with Crippen molar-refractivity contribution in [2.24, 2.45) is 5.92 Å². The molecule has 2 atom stereocenters. The summed E-state index contributed by atoms with van der Waals surface area (Å²) in [6, 6.07) is 13.6. The maximum absolute atomic E-state index is 13.8. The Morgan fingerprint density at radius 2 is 1.66 bits per heavy atom. The summed E-state index contributed by atoms with van der Waals surface area (Å²) in [5, 5.41) is 12.0. The summed E-state index contributed by atoms with van der Waals surface area (Å²) < 4.78 is 11.6. The zero-order valence-electron chi connectivity index (χ0n) is 27.6. The molecule has 11 heteroatoms. The second-order valence-electron chi connectivity index (χ2n) is 13.3. The van der Waals surface area contributed by atoms with Crippen molar-refractivity contribution in [3.8, 4) is 5.75 Å². The second kappa shape index (κ2) is 16.2. The summed E-state index contributed by atoms with van der Waals surface area (Å²) in [5.74, 6) is -1.000. The van der Waals surface area contributed by atoms with Gasteiger partial charge in [-0.3, -0.25) is 24.1 Å². The van der Waals surface area contributed by atoms with Crippen LogP contribution in [0.5, 0.6) is 5.75 Å². The third-order valence-corrected chi connectivity index (χ3v) is 9.47. The van der Waals surface area contributed by atoms with Crippen LogP contribution in [0.3, 0.4) is 0 Å². The number of amides is 4. The van der Waals surface area contributed by atoms with Gasteiger partial charge in [-0.25, -0.2) is 0 Å². The minimum absolute atomic E-state index is 0.0324. The molecule has 5 rings (SSSR count). The molecule has 0 unspecified atom stereocenters. The molecule has 1 saturated heterocycles. The zero-order chi connectivity index (χ0) is 33.2. The fraction of sp³-hybridized carbons (Fsp3) is 0.556. The molecule has 254 valence electrons. The summed E-state index contributed by atoms with van der Waals surface area (Å²) in [6.45, 7) is 8.57. The first-order valence-electron chi connectivity index (χ1n) is 17.0. The van der Waals surface area contributed by atoms with Crippen LogP contribution in [0.1, 0.15) is 80.3 Å². The van der Waals surface area contributed by atoms with E-state index in [2.05, 4.69) is 38.3 Å². The molecule has 4 N–H and O–H groups in total. The first kappa shape index (κ1) is 34.4. The minimum atomic E-state index is -1.02. The molecule has 2 fully saturated rings. The molecule has 4 amide bonds. The highest BCUT2D eigenvalue weighted by Gasteiger charge is 2.42. The van der Waals surface area contributed by atoms with Crippen LogP contribution >= 0.6 is 0 Å². The van der Waals surface area contributed by atoms with Crippen LogP contribution in [-0.2, 0) is 32.2 Å². The van der Waals surface area contributed by atoms with Crippen LogP contribution in [-0.4, -0.2) is 79.1 Å². The molecular formula is C36H49N5O6. The van der Waals surface area contributed by atoms with Gasteiger partial charge < -0.3 is 30.7 Å². The van der Waals surface area contributed by atoms with Crippen LogP contribution in [0.4, 0.5) is 0 Å².